The number of hydrogen-bond donors (Lipinski definition) is 1. The van der Waals surface area contributed by atoms with Gasteiger partial charge in [0.2, 0.25) is 5.76 Å². The molecule has 7 nitrogen and oxygen atoms in total. The topological polar surface area (TPSA) is 90.9 Å². The van der Waals surface area contributed by atoms with E-state index >= 15 is 0 Å². The van der Waals surface area contributed by atoms with Gasteiger partial charge in [-0.25, -0.2) is 24.2 Å². The van der Waals surface area contributed by atoms with Gasteiger partial charge >= 0.3 is 18.0 Å². The van der Waals surface area contributed by atoms with Gasteiger partial charge in [0.25, 0.3) is 0 Å². The van der Waals surface area contributed by atoms with Gasteiger partial charge < -0.3 is 10.1 Å². The number of benzene rings is 3. The molecule has 0 spiro atoms. The van der Waals surface area contributed by atoms with Crippen molar-refractivity contribution in [2.24, 2.45) is 0 Å². The third-order valence-electron chi connectivity index (χ3n) is 2.59. The van der Waals surface area contributed by atoms with Gasteiger partial charge in [-0.2, -0.15) is 0 Å². The Bertz CT molecular complexity index is 688. The molecular weight excluding hydrogens is 278 g/mol. The van der Waals surface area contributed by atoms with E-state index in [0.29, 0.717) is 5.39 Å². The summed E-state index contributed by atoms with van der Waals surface area (Å²) in [6, 6.07) is 8.73. The van der Waals surface area contributed by atoms with Gasteiger partial charge in [-0.15, -0.1) is 0 Å². The van der Waals surface area contributed by atoms with Crippen LogP contribution in [-0.4, -0.2) is 25.1 Å². The van der Waals surface area contributed by atoms with Crippen molar-refractivity contribution < 1.29 is 28.9 Å². The molecule has 0 unspecified atom stereocenters. The second kappa shape index (κ2) is 5.91. The summed E-state index contributed by atoms with van der Waals surface area (Å²) >= 11 is 0. The van der Waals surface area contributed by atoms with Crippen LogP contribution in [0.25, 0.3) is 10.8 Å². The zero-order valence-electron chi connectivity index (χ0n) is 11.0. The van der Waals surface area contributed by atoms with Crippen molar-refractivity contribution in [3.05, 3.63) is 48.2 Å². The van der Waals surface area contributed by atoms with Crippen LogP contribution < -0.4 is 5.32 Å². The zero-order valence-corrected chi connectivity index (χ0v) is 11.0. The third-order valence-corrected chi connectivity index (χ3v) is 2.59. The molecule has 0 radical (unpaired) electrons. The van der Waals surface area contributed by atoms with E-state index in [2.05, 4.69) is 26.4 Å². The predicted molar refractivity (Wildman–Crippen MR) is 71.3 cm³/mol. The fourth-order valence-corrected chi connectivity index (χ4v) is 1.56. The summed E-state index contributed by atoms with van der Waals surface area (Å²) in [5.74, 6) is -2.63. The van der Waals surface area contributed by atoms with Gasteiger partial charge in [0, 0.05) is 7.05 Å². The highest BCUT2D eigenvalue weighted by molar-refractivity contribution is 6.01. The van der Waals surface area contributed by atoms with Crippen LogP contribution in [0.5, 0.6) is 0 Å². The smallest absolute Gasteiger partial charge is 0.403 e. The Kier molecular flexibility index (Phi) is 4.03. The van der Waals surface area contributed by atoms with Crippen molar-refractivity contribution in [3.8, 4) is 0 Å². The molecule has 0 atom stereocenters. The number of amides is 1. The first-order valence-corrected chi connectivity index (χ1v) is 5.85. The molecule has 7 heteroatoms. The van der Waals surface area contributed by atoms with E-state index in [1.54, 1.807) is 18.2 Å². The lowest BCUT2D eigenvalue weighted by atomic mass is 10.0. The van der Waals surface area contributed by atoms with Crippen molar-refractivity contribution in [3.63, 3.8) is 0 Å². The number of alkyl carbamates (subject to hydrolysis) is 1. The molecule has 0 saturated carbocycles. The molecule has 3 rings (SSSR count). The largest absolute Gasteiger partial charge is 0.420 e. The Hall–Kier alpha value is -3.09. The first-order chi connectivity index (χ1) is 10.0. The van der Waals surface area contributed by atoms with Crippen molar-refractivity contribution in [2.45, 2.75) is 0 Å². The van der Waals surface area contributed by atoms with Crippen LogP contribution in [0.3, 0.4) is 0 Å². The number of ether oxygens (including phenoxy) is 1. The van der Waals surface area contributed by atoms with Gasteiger partial charge in [0.15, 0.2) is 0 Å². The normalized spacial score (nSPS) is 9.95. The molecule has 1 amide bonds. The molecule has 2 bridgehead atoms. The Morgan fingerprint density at radius 2 is 1.76 bits per heavy atom. The van der Waals surface area contributed by atoms with Crippen molar-refractivity contribution in [1.82, 2.24) is 5.32 Å². The van der Waals surface area contributed by atoms with E-state index < -0.39 is 23.8 Å². The highest BCUT2D eigenvalue weighted by Gasteiger charge is 2.19. The zero-order chi connectivity index (χ0) is 15.4. The lowest BCUT2D eigenvalue weighted by Gasteiger charge is -2.07. The van der Waals surface area contributed by atoms with Gasteiger partial charge in [-0.1, -0.05) is 24.3 Å². The highest BCUT2D eigenvalue weighted by atomic mass is 17.2. The molecule has 0 aliphatic carbocycles. The second-order valence-corrected chi connectivity index (χ2v) is 3.98. The van der Waals surface area contributed by atoms with Gasteiger partial charge in [0.05, 0.1) is 5.56 Å². The molecule has 108 valence electrons. The van der Waals surface area contributed by atoms with Crippen LogP contribution in [0.15, 0.2) is 42.7 Å². The Morgan fingerprint density at radius 3 is 2.29 bits per heavy atom. The number of carbonyl (C=O) groups is 3. The lowest BCUT2D eigenvalue weighted by Crippen LogP contribution is -2.22. The minimum absolute atomic E-state index is 0.264. The summed E-state index contributed by atoms with van der Waals surface area (Å²) in [6.07, 6.45) is -0.891. The summed E-state index contributed by atoms with van der Waals surface area (Å²) < 4.78 is 4.43. The maximum atomic E-state index is 11.8. The van der Waals surface area contributed by atoms with Crippen molar-refractivity contribution in [1.29, 1.82) is 0 Å². The SMILES string of the molecule is C=C(OC(=O)NC)C(=O)OOC(=O)c1cc2ccc1cc2. The predicted octanol–water partition coefficient (Wildman–Crippen LogP) is 1.76. The fourth-order valence-electron chi connectivity index (χ4n) is 1.56. The van der Waals surface area contributed by atoms with Gasteiger partial charge in [-0.3, -0.25) is 0 Å². The number of rotatable bonds is 3. The second-order valence-electron chi connectivity index (χ2n) is 3.98. The third kappa shape index (κ3) is 3.27. The summed E-state index contributed by atoms with van der Waals surface area (Å²) in [5, 5.41) is 3.59. The van der Waals surface area contributed by atoms with E-state index in [-0.39, 0.29) is 5.56 Å². The van der Waals surface area contributed by atoms with Gasteiger partial charge in [0.1, 0.15) is 0 Å². The monoisotopic (exact) mass is 289 g/mol. The maximum absolute atomic E-state index is 11.8. The summed E-state index contributed by atoms with van der Waals surface area (Å²) in [6.45, 7) is 3.18. The first kappa shape index (κ1) is 14.3. The molecule has 0 fully saturated rings. The minimum Gasteiger partial charge on any atom is -0.403 e. The van der Waals surface area contributed by atoms with Crippen LogP contribution in [0.4, 0.5) is 4.79 Å². The maximum Gasteiger partial charge on any atom is 0.420 e. The Balaban J connectivity index is 1.92. The Morgan fingerprint density at radius 1 is 1.10 bits per heavy atom. The molecule has 21 heavy (non-hydrogen) atoms. The molecule has 0 aliphatic heterocycles. The van der Waals surface area contributed by atoms with Crippen LogP contribution in [0.2, 0.25) is 0 Å². The molecule has 0 heterocycles. The fraction of sp³-hybridized carbons (Fsp3) is 0.0714. The summed E-state index contributed by atoms with van der Waals surface area (Å²) in [4.78, 5) is 42.7. The van der Waals surface area contributed by atoms with E-state index in [9.17, 15) is 14.4 Å². The number of nitrogens with one attached hydrogen (secondary N) is 1. The standard InChI is InChI=1S/C14H11NO6/c1-8(19-14(18)15-2)12(16)20-21-13(17)11-7-9-3-5-10(11)6-4-9/h3-7H,1H2,2H3,(H,15,18). The Labute approximate surface area is 119 Å². The van der Waals surface area contributed by atoms with Crippen molar-refractivity contribution in [2.75, 3.05) is 7.05 Å². The summed E-state index contributed by atoms with van der Waals surface area (Å²) in [7, 11) is 1.31. The van der Waals surface area contributed by atoms with E-state index in [1.165, 1.54) is 7.05 Å². The van der Waals surface area contributed by atoms with E-state index in [1.807, 2.05) is 12.1 Å². The first-order valence-electron chi connectivity index (χ1n) is 5.85. The summed E-state index contributed by atoms with van der Waals surface area (Å²) in [5.41, 5.74) is 0.264. The van der Waals surface area contributed by atoms with Crippen LogP contribution >= 0.6 is 0 Å². The highest BCUT2D eigenvalue weighted by Crippen LogP contribution is 2.19. The molecule has 1 N–H and O–H groups in total. The quantitative estimate of drug-likeness (QED) is 0.401. The van der Waals surface area contributed by atoms with Gasteiger partial charge in [-0.05, 0) is 23.4 Å². The van der Waals surface area contributed by atoms with Crippen LogP contribution in [0, 0.1) is 0 Å². The van der Waals surface area contributed by atoms with Crippen LogP contribution in [0.1, 0.15) is 10.4 Å². The molecule has 0 aromatic heterocycles. The number of fused-ring (bicyclic) bond motifs is 3. The molecule has 3 aromatic carbocycles. The van der Waals surface area contributed by atoms with Crippen LogP contribution in [-0.2, 0) is 19.3 Å². The minimum atomic E-state index is -1.18. The average molecular weight is 289 g/mol. The van der Waals surface area contributed by atoms with Crippen molar-refractivity contribution >= 4 is 28.8 Å². The molecule has 0 saturated heterocycles. The lowest BCUT2D eigenvalue weighted by molar-refractivity contribution is -0.231. The molecule has 0 aliphatic rings. The average Bonchev–Trinajstić information content (AvgIpc) is 2.52. The number of carbonyl (C=O) groups excluding carboxylic acids is 3. The number of hydrogen-bond acceptors (Lipinski definition) is 6. The van der Waals surface area contributed by atoms with E-state index in [0.717, 1.165) is 5.39 Å². The molecular formula is C14H11NO6. The molecule has 3 aromatic rings. The van der Waals surface area contributed by atoms with E-state index in [4.69, 9.17) is 0 Å².